The van der Waals surface area contributed by atoms with Gasteiger partial charge in [-0.3, -0.25) is 10.1 Å². The molecule has 28 heavy (non-hydrogen) atoms. The number of furan rings is 1. The van der Waals surface area contributed by atoms with Crippen LogP contribution in [0.3, 0.4) is 0 Å². The Balaban J connectivity index is 1.69. The number of carbonyl (C=O) groups excluding carboxylic acids is 1. The smallest absolute Gasteiger partial charge is 0.293 e. The van der Waals surface area contributed by atoms with E-state index in [0.29, 0.717) is 22.2 Å². The van der Waals surface area contributed by atoms with Gasteiger partial charge in [0.2, 0.25) is 0 Å². The predicted molar refractivity (Wildman–Crippen MR) is 112 cm³/mol. The fourth-order valence-corrected chi connectivity index (χ4v) is 2.80. The summed E-state index contributed by atoms with van der Waals surface area (Å²) in [6, 6.07) is 13.3. The van der Waals surface area contributed by atoms with Gasteiger partial charge in [0, 0.05) is 16.7 Å². The Labute approximate surface area is 172 Å². The number of methoxy groups -OCH3 is 1. The van der Waals surface area contributed by atoms with Gasteiger partial charge in [-0.25, -0.2) is 0 Å². The Morgan fingerprint density at radius 1 is 1.18 bits per heavy atom. The number of phenolic OH excluding ortho intramolecular Hbond substituents is 1. The standard InChI is InChI=1S/C20H17ClN2O4S/c1-11-3-4-12(9-14(11)21)17-7-8-18(27-17)19(25)23-20(28)22-15-10-13(26-2)5-6-16(15)24/h3-10,24H,1-2H3,(H2,22,23,25,28). The van der Waals surface area contributed by atoms with Crippen LogP contribution in [-0.4, -0.2) is 23.2 Å². The SMILES string of the molecule is COc1ccc(O)c(NC(=S)NC(=O)c2ccc(-c3ccc(C)c(Cl)c3)o2)c1. The summed E-state index contributed by atoms with van der Waals surface area (Å²) < 4.78 is 10.7. The fourth-order valence-electron chi connectivity index (χ4n) is 2.42. The number of aryl methyl sites for hydroxylation is 1. The highest BCUT2D eigenvalue weighted by molar-refractivity contribution is 7.80. The molecule has 0 aliphatic carbocycles. The molecule has 0 bridgehead atoms. The summed E-state index contributed by atoms with van der Waals surface area (Å²) in [4.78, 5) is 12.4. The molecule has 144 valence electrons. The van der Waals surface area contributed by atoms with Crippen LogP contribution < -0.4 is 15.4 Å². The third-order valence-corrected chi connectivity index (χ3v) is 4.58. The lowest BCUT2D eigenvalue weighted by Crippen LogP contribution is -2.33. The maximum atomic E-state index is 12.4. The van der Waals surface area contributed by atoms with Gasteiger partial charge in [0.05, 0.1) is 12.8 Å². The van der Waals surface area contributed by atoms with Crippen molar-refractivity contribution in [1.29, 1.82) is 0 Å². The molecule has 1 aromatic heterocycles. The highest BCUT2D eigenvalue weighted by atomic mass is 35.5. The third kappa shape index (κ3) is 4.44. The van der Waals surface area contributed by atoms with Gasteiger partial charge in [0.15, 0.2) is 10.9 Å². The summed E-state index contributed by atoms with van der Waals surface area (Å²) >= 11 is 11.3. The van der Waals surface area contributed by atoms with E-state index in [9.17, 15) is 9.90 Å². The van der Waals surface area contributed by atoms with Gasteiger partial charge >= 0.3 is 0 Å². The van der Waals surface area contributed by atoms with Crippen LogP contribution in [0.4, 0.5) is 5.69 Å². The molecule has 3 rings (SSSR count). The number of nitrogens with one attached hydrogen (secondary N) is 2. The van der Waals surface area contributed by atoms with Crippen molar-refractivity contribution in [2.45, 2.75) is 6.92 Å². The molecule has 3 N–H and O–H groups in total. The Morgan fingerprint density at radius 2 is 1.96 bits per heavy atom. The summed E-state index contributed by atoms with van der Waals surface area (Å²) in [5, 5.41) is 15.8. The lowest BCUT2D eigenvalue weighted by Gasteiger charge is -2.11. The van der Waals surface area contributed by atoms with Crippen molar-refractivity contribution in [3.05, 3.63) is 64.9 Å². The second-order valence-electron chi connectivity index (χ2n) is 5.92. The van der Waals surface area contributed by atoms with Crippen LogP contribution in [0.15, 0.2) is 52.9 Å². The lowest BCUT2D eigenvalue weighted by molar-refractivity contribution is 0.0951. The van der Waals surface area contributed by atoms with Crippen molar-refractivity contribution in [3.63, 3.8) is 0 Å². The predicted octanol–water partition coefficient (Wildman–Crippen LogP) is 4.75. The number of hydrogen-bond acceptors (Lipinski definition) is 5. The molecule has 0 aliphatic heterocycles. The Kier molecular flexibility index (Phi) is 5.87. The zero-order chi connectivity index (χ0) is 20.3. The molecule has 3 aromatic rings. The first kappa shape index (κ1) is 19.7. The number of benzene rings is 2. The first-order valence-electron chi connectivity index (χ1n) is 8.23. The minimum atomic E-state index is -0.524. The molecular weight excluding hydrogens is 400 g/mol. The van der Waals surface area contributed by atoms with Crippen molar-refractivity contribution in [3.8, 4) is 22.8 Å². The van der Waals surface area contributed by atoms with Crippen molar-refractivity contribution in [2.75, 3.05) is 12.4 Å². The summed E-state index contributed by atoms with van der Waals surface area (Å²) in [5.41, 5.74) is 2.02. The number of hydrogen-bond donors (Lipinski definition) is 3. The van der Waals surface area contributed by atoms with Gasteiger partial charge < -0.3 is 19.6 Å². The van der Waals surface area contributed by atoms with E-state index in [0.717, 1.165) is 11.1 Å². The normalized spacial score (nSPS) is 10.4. The summed E-state index contributed by atoms with van der Waals surface area (Å²) in [5.74, 6) is 0.571. The lowest BCUT2D eigenvalue weighted by atomic mass is 10.1. The largest absolute Gasteiger partial charge is 0.506 e. The fraction of sp³-hybridized carbons (Fsp3) is 0.100. The Bertz CT molecular complexity index is 1050. The van der Waals surface area contributed by atoms with E-state index >= 15 is 0 Å². The van der Waals surface area contributed by atoms with Crippen LogP contribution in [0.5, 0.6) is 11.5 Å². The quantitative estimate of drug-likeness (QED) is 0.420. The molecule has 1 amide bonds. The highest BCUT2D eigenvalue weighted by Gasteiger charge is 2.15. The zero-order valence-electron chi connectivity index (χ0n) is 15.1. The van der Waals surface area contributed by atoms with E-state index in [4.69, 9.17) is 33.0 Å². The van der Waals surface area contributed by atoms with E-state index in [-0.39, 0.29) is 16.6 Å². The van der Waals surface area contributed by atoms with E-state index in [1.165, 1.54) is 13.2 Å². The van der Waals surface area contributed by atoms with E-state index in [2.05, 4.69) is 10.6 Å². The number of phenols is 1. The van der Waals surface area contributed by atoms with E-state index in [1.807, 2.05) is 19.1 Å². The molecule has 8 heteroatoms. The minimum absolute atomic E-state index is 0.00452. The molecule has 0 saturated heterocycles. The van der Waals surface area contributed by atoms with Gasteiger partial charge in [-0.1, -0.05) is 23.7 Å². The molecule has 0 fully saturated rings. The number of carbonyl (C=O) groups is 1. The van der Waals surface area contributed by atoms with Crippen LogP contribution in [0, 0.1) is 6.92 Å². The first-order chi connectivity index (χ1) is 13.4. The van der Waals surface area contributed by atoms with Crippen LogP contribution in [0.1, 0.15) is 16.1 Å². The molecule has 0 radical (unpaired) electrons. The second-order valence-corrected chi connectivity index (χ2v) is 6.73. The number of anilines is 1. The monoisotopic (exact) mass is 416 g/mol. The molecule has 0 unspecified atom stereocenters. The first-order valence-corrected chi connectivity index (χ1v) is 9.01. The van der Waals surface area contributed by atoms with Crippen LogP contribution in [-0.2, 0) is 0 Å². The maximum Gasteiger partial charge on any atom is 0.293 e. The summed E-state index contributed by atoms with van der Waals surface area (Å²) in [7, 11) is 1.51. The van der Waals surface area contributed by atoms with Crippen LogP contribution in [0.25, 0.3) is 11.3 Å². The molecular formula is C20H17ClN2O4S. The number of thiocarbonyl (C=S) groups is 1. The van der Waals surface area contributed by atoms with Crippen LogP contribution in [0.2, 0.25) is 5.02 Å². The average Bonchev–Trinajstić information content (AvgIpc) is 3.16. The molecule has 0 atom stereocenters. The van der Waals surface area contributed by atoms with Gasteiger partial charge in [-0.05, 0) is 55.0 Å². The number of aromatic hydroxyl groups is 1. The van der Waals surface area contributed by atoms with E-state index < -0.39 is 5.91 Å². The van der Waals surface area contributed by atoms with Gasteiger partial charge in [-0.2, -0.15) is 0 Å². The Morgan fingerprint density at radius 3 is 2.68 bits per heavy atom. The number of amides is 1. The van der Waals surface area contributed by atoms with Gasteiger partial charge in [0.25, 0.3) is 5.91 Å². The molecule has 0 saturated carbocycles. The summed E-state index contributed by atoms with van der Waals surface area (Å²) in [6.07, 6.45) is 0. The summed E-state index contributed by atoms with van der Waals surface area (Å²) in [6.45, 7) is 1.90. The molecule has 0 aliphatic rings. The van der Waals surface area contributed by atoms with Crippen molar-refractivity contribution in [2.24, 2.45) is 0 Å². The number of rotatable bonds is 4. The molecule has 6 nitrogen and oxygen atoms in total. The van der Waals surface area contributed by atoms with Gasteiger partial charge in [-0.15, -0.1) is 0 Å². The number of ether oxygens (including phenoxy) is 1. The van der Waals surface area contributed by atoms with Crippen molar-refractivity contribution >= 4 is 40.5 Å². The average molecular weight is 417 g/mol. The number of halogens is 1. The molecule has 2 aromatic carbocycles. The van der Waals surface area contributed by atoms with E-state index in [1.54, 1.807) is 30.3 Å². The van der Waals surface area contributed by atoms with Gasteiger partial charge in [0.1, 0.15) is 17.3 Å². The van der Waals surface area contributed by atoms with Crippen molar-refractivity contribution in [1.82, 2.24) is 5.32 Å². The molecule has 0 spiro atoms. The third-order valence-electron chi connectivity index (χ3n) is 3.97. The van der Waals surface area contributed by atoms with Crippen molar-refractivity contribution < 1.29 is 19.1 Å². The maximum absolute atomic E-state index is 12.4. The second kappa shape index (κ2) is 8.33. The zero-order valence-corrected chi connectivity index (χ0v) is 16.6. The minimum Gasteiger partial charge on any atom is -0.506 e. The highest BCUT2D eigenvalue weighted by Crippen LogP contribution is 2.28. The Hall–Kier alpha value is -3.03. The molecule has 1 heterocycles. The van der Waals surface area contributed by atoms with Crippen LogP contribution >= 0.6 is 23.8 Å². The topological polar surface area (TPSA) is 83.7 Å².